The first kappa shape index (κ1) is 27.2. The molecule has 1 N–H and O–H groups in total. The van der Waals surface area contributed by atoms with Crippen LogP contribution in [0.15, 0.2) is 109 Å². The fourth-order valence-electron chi connectivity index (χ4n) is 5.08. The number of fused-ring (bicyclic) bond motifs is 7. The molecule has 0 saturated carbocycles. The van der Waals surface area contributed by atoms with Gasteiger partial charge in [0.25, 0.3) is 0 Å². The van der Waals surface area contributed by atoms with Crippen LogP contribution >= 0.6 is 6.64 Å². The molecular weight excluding hydrogens is 566 g/mol. The number of benzene rings is 5. The van der Waals surface area contributed by atoms with Gasteiger partial charge >= 0.3 is 12.8 Å². The van der Waals surface area contributed by atoms with Crippen molar-refractivity contribution >= 4 is 45.8 Å². The summed E-state index contributed by atoms with van der Waals surface area (Å²) in [7, 11) is 0. The molecule has 6 rings (SSSR count). The zero-order valence-electron chi connectivity index (χ0n) is 21.7. The molecule has 1 heterocycles. The summed E-state index contributed by atoms with van der Waals surface area (Å²) < 4.78 is 52.8. The highest BCUT2D eigenvalue weighted by Crippen LogP contribution is 2.58. The fourth-order valence-corrected chi connectivity index (χ4v) is 7.46. The van der Waals surface area contributed by atoms with E-state index in [1.54, 1.807) is 0 Å². The van der Waals surface area contributed by atoms with Gasteiger partial charge in [0.05, 0.1) is 11.6 Å². The van der Waals surface area contributed by atoms with Gasteiger partial charge in [-0.05, 0) is 58.3 Å². The Bertz CT molecular complexity index is 1810. The number of ketones is 1. The van der Waals surface area contributed by atoms with Crippen LogP contribution < -0.4 is 14.1 Å². The maximum Gasteiger partial charge on any atom is 0.416 e. The largest absolute Gasteiger partial charge is 0.424 e. The Hall–Kier alpha value is -3.97. The lowest BCUT2D eigenvalue weighted by molar-refractivity contribution is -0.137. The molecule has 0 saturated heterocycles. The van der Waals surface area contributed by atoms with E-state index in [0.717, 1.165) is 44.8 Å². The van der Waals surface area contributed by atoms with E-state index >= 15 is 0 Å². The number of hydrogen-bond acceptors (Lipinski definition) is 4. The fraction of sp³-hybridized carbons (Fsp3) is 0.0938. The molecular formula is C32H23F3NO3PS. The minimum Gasteiger partial charge on any atom is -0.424 e. The number of carbonyl (C=O) groups is 1. The Labute approximate surface area is 239 Å². The van der Waals surface area contributed by atoms with E-state index in [1.807, 2.05) is 72.8 Å². The van der Waals surface area contributed by atoms with Crippen molar-refractivity contribution in [2.75, 3.05) is 0 Å². The summed E-state index contributed by atoms with van der Waals surface area (Å²) in [5, 5.41) is 7.09. The molecule has 0 aliphatic carbocycles. The minimum atomic E-state index is -4.50. The summed E-state index contributed by atoms with van der Waals surface area (Å²) in [5.41, 5.74) is 1.32. The van der Waals surface area contributed by atoms with E-state index in [9.17, 15) is 18.0 Å². The first-order valence-electron chi connectivity index (χ1n) is 12.7. The summed E-state index contributed by atoms with van der Waals surface area (Å²) in [6, 6.07) is 27.0. The zero-order chi connectivity index (χ0) is 28.9. The molecule has 0 aromatic heterocycles. The third-order valence-corrected chi connectivity index (χ3v) is 9.34. The predicted octanol–water partition coefficient (Wildman–Crippen LogP) is 9.15. The topological polar surface area (TPSA) is 47.6 Å². The molecule has 0 radical (unpaired) electrons. The Kier molecular flexibility index (Phi) is 6.73. The molecule has 9 heteroatoms. The Morgan fingerprint density at radius 1 is 0.805 bits per heavy atom. The normalized spacial score (nSPS) is 14.7. The maximum absolute atomic E-state index is 13.3. The van der Waals surface area contributed by atoms with Crippen LogP contribution in [0.5, 0.6) is 11.5 Å². The summed E-state index contributed by atoms with van der Waals surface area (Å²) in [4.78, 5) is 12.5. The molecule has 206 valence electrons. The molecule has 0 amide bonds. The van der Waals surface area contributed by atoms with Gasteiger partial charge in [0.2, 0.25) is 0 Å². The van der Waals surface area contributed by atoms with Gasteiger partial charge in [0.1, 0.15) is 11.5 Å². The average Bonchev–Trinajstić information content (AvgIpc) is 3.09. The van der Waals surface area contributed by atoms with Crippen molar-refractivity contribution in [2.45, 2.75) is 19.1 Å². The van der Waals surface area contributed by atoms with Crippen molar-refractivity contribution in [2.24, 2.45) is 0 Å². The van der Waals surface area contributed by atoms with Crippen LogP contribution in [0.25, 0.3) is 32.7 Å². The second-order valence-corrected chi connectivity index (χ2v) is 12.8. The van der Waals surface area contributed by atoms with E-state index in [0.29, 0.717) is 17.1 Å². The average molecular weight is 590 g/mol. The summed E-state index contributed by atoms with van der Waals surface area (Å²) in [6.07, 6.45) is -4.50. The van der Waals surface area contributed by atoms with Crippen molar-refractivity contribution < 1.29 is 27.0 Å². The van der Waals surface area contributed by atoms with Crippen molar-refractivity contribution in [1.82, 2.24) is 5.09 Å². The summed E-state index contributed by atoms with van der Waals surface area (Å²) in [6.45, 7) is 1.77. The molecule has 4 nitrogen and oxygen atoms in total. The van der Waals surface area contributed by atoms with Gasteiger partial charge in [0, 0.05) is 28.5 Å². The van der Waals surface area contributed by atoms with Crippen LogP contribution in [-0.4, -0.2) is 5.78 Å². The Morgan fingerprint density at radius 3 is 1.76 bits per heavy atom. The summed E-state index contributed by atoms with van der Waals surface area (Å²) >= 11 is 6.03. The smallest absolute Gasteiger partial charge is 0.416 e. The molecule has 5 aromatic rings. The molecule has 1 aliphatic rings. The van der Waals surface area contributed by atoms with Gasteiger partial charge in [-0.25, -0.2) is 5.09 Å². The van der Waals surface area contributed by atoms with Gasteiger partial charge in [-0.1, -0.05) is 79.4 Å². The third kappa shape index (κ3) is 5.04. The molecule has 0 fully saturated rings. The Balaban J connectivity index is 1.52. The first-order valence-corrected chi connectivity index (χ1v) is 15.4. The third-order valence-electron chi connectivity index (χ3n) is 7.13. The highest BCUT2D eigenvalue weighted by molar-refractivity contribution is 8.09. The van der Waals surface area contributed by atoms with Crippen molar-refractivity contribution in [1.29, 1.82) is 0 Å². The van der Waals surface area contributed by atoms with Crippen molar-refractivity contribution in [3.63, 3.8) is 0 Å². The molecule has 1 aliphatic heterocycles. The SMILES string of the molecule is C=C(C(C)=O)[C@@H](NP1(=S)Oc2ccc3ccccc3c2-c2c(ccc3ccccc23)O1)c1ccc(C(F)(F)F)cc1. The van der Waals surface area contributed by atoms with Gasteiger partial charge in [-0.2, -0.15) is 13.2 Å². The second kappa shape index (κ2) is 10.1. The molecule has 41 heavy (non-hydrogen) atoms. The lowest BCUT2D eigenvalue weighted by Gasteiger charge is -2.29. The van der Waals surface area contributed by atoms with E-state index in [1.165, 1.54) is 19.1 Å². The second-order valence-electron chi connectivity index (χ2n) is 9.76. The van der Waals surface area contributed by atoms with Crippen LogP contribution in [0.1, 0.15) is 24.1 Å². The van der Waals surface area contributed by atoms with E-state index in [-0.39, 0.29) is 11.4 Å². The standard InChI is InChI=1S/C32H23F3NO3PS/c1-19(20(2)37)31(23-11-15-24(16-12-23)32(33,34)35)36-40(41)38-27-17-13-21-7-3-5-9-25(21)29(27)30-26-10-6-4-8-22(26)14-18-28(30)39-40/h3-18,31H,1H2,2H3,(H,36,41)/t31-/m1/s1. The number of carbonyl (C=O) groups excluding carboxylic acids is 1. The van der Waals surface area contributed by atoms with E-state index in [2.05, 4.69) is 11.7 Å². The highest BCUT2D eigenvalue weighted by Gasteiger charge is 2.36. The van der Waals surface area contributed by atoms with Crippen molar-refractivity contribution in [3.8, 4) is 22.6 Å². The minimum absolute atomic E-state index is 0.114. The number of rotatable bonds is 5. The molecule has 5 aromatic carbocycles. The zero-order valence-corrected chi connectivity index (χ0v) is 23.4. The number of nitrogens with one attached hydrogen (secondary N) is 1. The van der Waals surface area contributed by atoms with Gasteiger partial charge < -0.3 is 9.05 Å². The van der Waals surface area contributed by atoms with Gasteiger partial charge in [0.15, 0.2) is 5.78 Å². The van der Waals surface area contributed by atoms with Crippen LogP contribution in [0, 0.1) is 0 Å². The number of hydrogen-bond donors (Lipinski definition) is 1. The lowest BCUT2D eigenvalue weighted by Crippen LogP contribution is -2.27. The van der Waals surface area contributed by atoms with E-state index in [4.69, 9.17) is 20.9 Å². The molecule has 1 atom stereocenters. The number of Topliss-reactive ketones (excluding diaryl/α,β-unsaturated/α-hetero) is 1. The predicted molar refractivity (Wildman–Crippen MR) is 160 cm³/mol. The quantitative estimate of drug-likeness (QED) is 0.164. The van der Waals surface area contributed by atoms with Gasteiger partial charge in [-0.3, -0.25) is 4.79 Å². The highest BCUT2D eigenvalue weighted by atomic mass is 32.5. The van der Waals surface area contributed by atoms with Crippen LogP contribution in [0.3, 0.4) is 0 Å². The molecule has 0 unspecified atom stereocenters. The van der Waals surface area contributed by atoms with Crippen LogP contribution in [-0.2, 0) is 22.8 Å². The maximum atomic E-state index is 13.3. The summed E-state index contributed by atoms with van der Waals surface area (Å²) in [5.74, 6) is 0.639. The van der Waals surface area contributed by atoms with Crippen molar-refractivity contribution in [3.05, 3.63) is 120 Å². The monoisotopic (exact) mass is 589 g/mol. The molecule has 0 spiro atoms. The van der Waals surface area contributed by atoms with E-state index < -0.39 is 24.4 Å². The van der Waals surface area contributed by atoms with Crippen LogP contribution in [0.2, 0.25) is 0 Å². The lowest BCUT2D eigenvalue weighted by atomic mass is 9.92. The van der Waals surface area contributed by atoms with Crippen LogP contribution in [0.4, 0.5) is 13.2 Å². The van der Waals surface area contributed by atoms with Gasteiger partial charge in [-0.15, -0.1) is 0 Å². The number of alkyl halides is 3. The first-order chi connectivity index (χ1) is 19.5. The molecule has 0 bridgehead atoms. The Morgan fingerprint density at radius 2 is 1.29 bits per heavy atom. The number of halogens is 3.